The Labute approximate surface area is 129 Å². The van der Waals surface area contributed by atoms with Gasteiger partial charge in [-0.05, 0) is 50.0 Å². The predicted molar refractivity (Wildman–Crippen MR) is 81.4 cm³/mol. The molecule has 1 aliphatic carbocycles. The van der Waals surface area contributed by atoms with E-state index >= 15 is 0 Å². The van der Waals surface area contributed by atoms with Crippen LogP contribution in [0.1, 0.15) is 38.2 Å². The van der Waals surface area contributed by atoms with Gasteiger partial charge in [-0.15, -0.1) is 0 Å². The molecule has 1 aromatic rings. The number of Topliss-reactive ketones (excluding diaryl/α,β-unsaturated/α-hetero) is 2. The number of hydrogen-bond donors (Lipinski definition) is 0. The number of carbonyl (C=O) groups is 3. The highest BCUT2D eigenvalue weighted by atomic mass is 35.5. The molecule has 0 saturated heterocycles. The second kappa shape index (κ2) is 5.94. The molecule has 110 valence electrons. The van der Waals surface area contributed by atoms with E-state index in [-0.39, 0.29) is 11.6 Å². The minimum absolute atomic E-state index is 0.192. The molecule has 0 heterocycles. The van der Waals surface area contributed by atoms with Crippen molar-refractivity contribution in [3.05, 3.63) is 46.5 Å². The van der Waals surface area contributed by atoms with Crippen molar-refractivity contribution < 1.29 is 14.4 Å². The zero-order chi connectivity index (χ0) is 15.6. The highest BCUT2D eigenvalue weighted by molar-refractivity contribution is 6.30. The highest BCUT2D eigenvalue weighted by Gasteiger charge is 2.50. The normalized spacial score (nSPS) is 20.5. The number of aldehydes is 1. The number of halogens is 1. The molecule has 21 heavy (non-hydrogen) atoms. The summed E-state index contributed by atoms with van der Waals surface area (Å²) < 4.78 is 0. The number of ketones is 2. The molecule has 2 rings (SSSR count). The molecule has 0 aromatic heterocycles. The molecule has 0 spiro atoms. The van der Waals surface area contributed by atoms with E-state index in [9.17, 15) is 14.4 Å². The van der Waals surface area contributed by atoms with Crippen LogP contribution in [0, 0.1) is 5.41 Å². The van der Waals surface area contributed by atoms with Gasteiger partial charge in [0.05, 0.1) is 5.41 Å². The van der Waals surface area contributed by atoms with Crippen LogP contribution in [-0.4, -0.2) is 17.9 Å². The summed E-state index contributed by atoms with van der Waals surface area (Å²) in [4.78, 5) is 36.0. The van der Waals surface area contributed by atoms with Crippen molar-refractivity contribution in [2.75, 3.05) is 0 Å². The zero-order valence-corrected chi connectivity index (χ0v) is 12.8. The summed E-state index contributed by atoms with van der Waals surface area (Å²) >= 11 is 5.90. The summed E-state index contributed by atoms with van der Waals surface area (Å²) in [6.45, 7) is 2.86. The maximum Gasteiger partial charge on any atom is 0.146 e. The molecule has 0 aliphatic heterocycles. The summed E-state index contributed by atoms with van der Waals surface area (Å²) in [5.41, 5.74) is 0.107. The lowest BCUT2D eigenvalue weighted by molar-refractivity contribution is -0.140. The average molecular weight is 305 g/mol. The van der Waals surface area contributed by atoms with Crippen LogP contribution in [-0.2, 0) is 14.4 Å². The average Bonchev–Trinajstić information content (AvgIpc) is 2.46. The largest absolute Gasteiger partial charge is 0.299 e. The van der Waals surface area contributed by atoms with Gasteiger partial charge < -0.3 is 0 Å². The highest BCUT2D eigenvalue weighted by Crippen LogP contribution is 2.48. The van der Waals surface area contributed by atoms with Crippen LogP contribution >= 0.6 is 11.6 Å². The Kier molecular flexibility index (Phi) is 4.43. The number of benzene rings is 1. The molecule has 3 nitrogen and oxygen atoms in total. The molecule has 0 bridgehead atoms. The van der Waals surface area contributed by atoms with E-state index in [1.165, 1.54) is 13.8 Å². The van der Waals surface area contributed by atoms with Crippen LogP contribution in [0.4, 0.5) is 0 Å². The Morgan fingerprint density at radius 1 is 1.19 bits per heavy atom. The van der Waals surface area contributed by atoms with E-state index in [1.54, 1.807) is 24.3 Å². The fraction of sp³-hybridized carbons (Fsp3) is 0.353. The zero-order valence-electron chi connectivity index (χ0n) is 12.1. The molecule has 0 radical (unpaired) electrons. The van der Waals surface area contributed by atoms with Gasteiger partial charge in [-0.25, -0.2) is 0 Å². The van der Waals surface area contributed by atoms with Crippen LogP contribution in [0.25, 0.3) is 0 Å². The SMILES string of the molecule is CC(=O)C1(C(C)=O)CCC=C(C=O)[C@H]1c1ccc(Cl)cc1. The van der Waals surface area contributed by atoms with Gasteiger partial charge in [0.2, 0.25) is 0 Å². The summed E-state index contributed by atoms with van der Waals surface area (Å²) in [7, 11) is 0. The first-order valence-corrected chi connectivity index (χ1v) is 7.24. The van der Waals surface area contributed by atoms with Crippen molar-refractivity contribution in [1.29, 1.82) is 0 Å². The number of rotatable bonds is 4. The lowest BCUT2D eigenvalue weighted by Gasteiger charge is -2.40. The van der Waals surface area contributed by atoms with E-state index < -0.39 is 11.3 Å². The van der Waals surface area contributed by atoms with Gasteiger partial charge in [0.25, 0.3) is 0 Å². The molecule has 0 N–H and O–H groups in total. The second-order valence-corrected chi connectivity index (χ2v) is 5.87. The Morgan fingerprint density at radius 3 is 2.24 bits per heavy atom. The number of carbonyl (C=O) groups excluding carboxylic acids is 3. The van der Waals surface area contributed by atoms with Crippen LogP contribution in [0.5, 0.6) is 0 Å². The third-order valence-corrected chi connectivity index (χ3v) is 4.59. The third-order valence-electron chi connectivity index (χ3n) is 4.34. The van der Waals surface area contributed by atoms with E-state index in [2.05, 4.69) is 0 Å². The smallest absolute Gasteiger partial charge is 0.146 e. The lowest BCUT2D eigenvalue weighted by Crippen LogP contribution is -2.44. The first-order chi connectivity index (χ1) is 9.93. The van der Waals surface area contributed by atoms with Crippen molar-refractivity contribution in [1.82, 2.24) is 0 Å². The van der Waals surface area contributed by atoms with Crippen LogP contribution < -0.4 is 0 Å². The first kappa shape index (κ1) is 15.6. The topological polar surface area (TPSA) is 51.2 Å². The second-order valence-electron chi connectivity index (χ2n) is 5.43. The summed E-state index contributed by atoms with van der Waals surface area (Å²) in [5.74, 6) is -0.916. The van der Waals surface area contributed by atoms with Crippen molar-refractivity contribution in [3.63, 3.8) is 0 Å². The lowest BCUT2D eigenvalue weighted by atomic mass is 9.59. The third kappa shape index (κ3) is 2.58. The molecule has 0 unspecified atom stereocenters. The molecular formula is C17H17ClO3. The molecule has 0 amide bonds. The maximum atomic E-state index is 12.3. The van der Waals surface area contributed by atoms with Gasteiger partial charge in [0, 0.05) is 10.9 Å². The predicted octanol–water partition coefficient (Wildman–Crippen LogP) is 3.51. The van der Waals surface area contributed by atoms with Crippen molar-refractivity contribution in [2.24, 2.45) is 5.41 Å². The van der Waals surface area contributed by atoms with Crippen LogP contribution in [0.2, 0.25) is 5.02 Å². The van der Waals surface area contributed by atoms with Crippen molar-refractivity contribution in [2.45, 2.75) is 32.6 Å². The van der Waals surface area contributed by atoms with Gasteiger partial charge in [0.15, 0.2) is 0 Å². The minimum atomic E-state index is -1.15. The standard InChI is InChI=1S/C17H17ClO3/c1-11(20)17(12(2)21)9-3-4-14(10-19)16(17)13-5-7-15(18)8-6-13/h4-8,10,16H,3,9H2,1-2H3/t16-/m1/s1. The summed E-state index contributed by atoms with van der Waals surface area (Å²) in [5, 5.41) is 0.572. The molecule has 1 aromatic carbocycles. The van der Waals surface area contributed by atoms with E-state index in [0.717, 1.165) is 11.8 Å². The van der Waals surface area contributed by atoms with E-state index in [0.29, 0.717) is 23.4 Å². The van der Waals surface area contributed by atoms with E-state index in [4.69, 9.17) is 11.6 Å². The monoisotopic (exact) mass is 304 g/mol. The first-order valence-electron chi connectivity index (χ1n) is 6.86. The van der Waals surface area contributed by atoms with Crippen molar-refractivity contribution in [3.8, 4) is 0 Å². The molecule has 0 saturated carbocycles. The molecule has 1 atom stereocenters. The maximum absolute atomic E-state index is 12.3. The van der Waals surface area contributed by atoms with Gasteiger partial charge in [0.1, 0.15) is 17.9 Å². The minimum Gasteiger partial charge on any atom is -0.299 e. The van der Waals surface area contributed by atoms with Gasteiger partial charge in [-0.3, -0.25) is 14.4 Å². The Hall–Kier alpha value is -1.74. The summed E-state index contributed by atoms with van der Waals surface area (Å²) in [6.07, 6.45) is 3.55. The van der Waals surface area contributed by atoms with Gasteiger partial charge >= 0.3 is 0 Å². The molecule has 4 heteroatoms. The van der Waals surface area contributed by atoms with Gasteiger partial charge in [-0.2, -0.15) is 0 Å². The molecule has 1 aliphatic rings. The fourth-order valence-corrected chi connectivity index (χ4v) is 3.39. The Balaban J connectivity index is 2.67. The van der Waals surface area contributed by atoms with Crippen molar-refractivity contribution >= 4 is 29.5 Å². The Morgan fingerprint density at radius 2 is 1.76 bits per heavy atom. The quantitative estimate of drug-likeness (QED) is 0.632. The van der Waals surface area contributed by atoms with E-state index in [1.807, 2.05) is 6.08 Å². The fourth-order valence-electron chi connectivity index (χ4n) is 3.27. The number of allylic oxidation sites excluding steroid dienone is 2. The van der Waals surface area contributed by atoms with Gasteiger partial charge in [-0.1, -0.05) is 29.8 Å². The summed E-state index contributed by atoms with van der Waals surface area (Å²) in [6, 6.07) is 6.96. The molecule has 0 fully saturated rings. The Bertz CT molecular complexity index is 599. The van der Waals surface area contributed by atoms with Crippen LogP contribution in [0.15, 0.2) is 35.9 Å². The number of hydrogen-bond acceptors (Lipinski definition) is 3. The van der Waals surface area contributed by atoms with Crippen LogP contribution in [0.3, 0.4) is 0 Å². The molecular weight excluding hydrogens is 288 g/mol.